The Balaban J connectivity index is 2.16. The standard InChI is InChI=1S/C16H26N2O2/c1-4-17-16(15-12-18(3)9-10-20-15)13-7-6-8-14(11-13)19-5-2/h6-8,11,15-17H,4-5,9-10,12H2,1-3H3. The molecule has 1 aliphatic heterocycles. The first-order chi connectivity index (χ1) is 9.74. The number of hydrogen-bond donors (Lipinski definition) is 1. The van der Waals surface area contributed by atoms with Crippen LogP contribution in [-0.2, 0) is 4.74 Å². The maximum Gasteiger partial charge on any atom is 0.119 e. The molecule has 4 heteroatoms. The summed E-state index contributed by atoms with van der Waals surface area (Å²) in [6, 6.07) is 8.53. The van der Waals surface area contributed by atoms with Gasteiger partial charge in [-0.25, -0.2) is 0 Å². The van der Waals surface area contributed by atoms with Crippen molar-refractivity contribution >= 4 is 0 Å². The van der Waals surface area contributed by atoms with Gasteiger partial charge in [-0.05, 0) is 38.2 Å². The van der Waals surface area contributed by atoms with Gasteiger partial charge in [-0.3, -0.25) is 0 Å². The zero-order valence-corrected chi connectivity index (χ0v) is 12.8. The molecule has 1 heterocycles. The van der Waals surface area contributed by atoms with Gasteiger partial charge in [0.1, 0.15) is 5.75 Å². The SMILES string of the molecule is CCNC(c1cccc(OCC)c1)C1CN(C)CCO1. The summed E-state index contributed by atoms with van der Waals surface area (Å²) in [6.45, 7) is 8.52. The van der Waals surface area contributed by atoms with Crippen molar-refractivity contribution in [3.63, 3.8) is 0 Å². The van der Waals surface area contributed by atoms with Crippen molar-refractivity contribution in [1.29, 1.82) is 0 Å². The van der Waals surface area contributed by atoms with Gasteiger partial charge in [0.05, 0.1) is 25.4 Å². The molecule has 1 saturated heterocycles. The van der Waals surface area contributed by atoms with Crippen LogP contribution in [0.5, 0.6) is 5.75 Å². The summed E-state index contributed by atoms with van der Waals surface area (Å²) >= 11 is 0. The minimum absolute atomic E-state index is 0.186. The maximum atomic E-state index is 5.97. The highest BCUT2D eigenvalue weighted by atomic mass is 16.5. The maximum absolute atomic E-state index is 5.97. The van der Waals surface area contributed by atoms with Crippen LogP contribution in [0.25, 0.3) is 0 Å². The van der Waals surface area contributed by atoms with E-state index < -0.39 is 0 Å². The van der Waals surface area contributed by atoms with E-state index in [-0.39, 0.29) is 12.1 Å². The van der Waals surface area contributed by atoms with E-state index in [4.69, 9.17) is 9.47 Å². The molecular weight excluding hydrogens is 252 g/mol. The number of morpholine rings is 1. The Morgan fingerprint density at radius 2 is 2.30 bits per heavy atom. The molecule has 1 aromatic carbocycles. The zero-order valence-electron chi connectivity index (χ0n) is 12.8. The van der Waals surface area contributed by atoms with Gasteiger partial charge in [0.15, 0.2) is 0 Å². The van der Waals surface area contributed by atoms with E-state index in [0.717, 1.165) is 32.0 Å². The summed E-state index contributed by atoms with van der Waals surface area (Å²) in [5.74, 6) is 0.928. The first-order valence-corrected chi connectivity index (χ1v) is 7.50. The number of ether oxygens (including phenoxy) is 2. The van der Waals surface area contributed by atoms with E-state index >= 15 is 0 Å². The molecule has 0 aliphatic carbocycles. The Labute approximate surface area is 122 Å². The zero-order chi connectivity index (χ0) is 14.4. The van der Waals surface area contributed by atoms with Crippen molar-refractivity contribution < 1.29 is 9.47 Å². The Hall–Kier alpha value is -1.10. The predicted octanol–water partition coefficient (Wildman–Crippen LogP) is 2.07. The molecule has 4 nitrogen and oxygen atoms in total. The fraction of sp³-hybridized carbons (Fsp3) is 0.625. The molecule has 112 valence electrons. The molecule has 2 atom stereocenters. The van der Waals surface area contributed by atoms with E-state index in [9.17, 15) is 0 Å². The van der Waals surface area contributed by atoms with Crippen molar-refractivity contribution in [3.05, 3.63) is 29.8 Å². The number of likely N-dealkylation sites (N-methyl/N-ethyl adjacent to an activating group) is 2. The van der Waals surface area contributed by atoms with Crippen LogP contribution in [0.4, 0.5) is 0 Å². The van der Waals surface area contributed by atoms with Crippen LogP contribution in [0.2, 0.25) is 0 Å². The largest absolute Gasteiger partial charge is 0.494 e. The second kappa shape index (κ2) is 7.62. The van der Waals surface area contributed by atoms with Crippen molar-refractivity contribution in [3.8, 4) is 5.75 Å². The third-order valence-electron chi connectivity index (χ3n) is 3.62. The summed E-state index contributed by atoms with van der Waals surface area (Å²) in [7, 11) is 2.15. The highest BCUT2D eigenvalue weighted by Crippen LogP contribution is 2.25. The molecule has 0 aromatic heterocycles. The third-order valence-corrected chi connectivity index (χ3v) is 3.62. The summed E-state index contributed by atoms with van der Waals surface area (Å²) < 4.78 is 11.6. The summed E-state index contributed by atoms with van der Waals surface area (Å²) in [6.07, 6.45) is 0.186. The number of nitrogens with one attached hydrogen (secondary N) is 1. The van der Waals surface area contributed by atoms with E-state index in [2.05, 4.69) is 42.4 Å². The fourth-order valence-corrected chi connectivity index (χ4v) is 2.66. The molecule has 1 aliphatic rings. The van der Waals surface area contributed by atoms with Crippen LogP contribution in [-0.4, -0.2) is 50.9 Å². The van der Waals surface area contributed by atoms with Crippen molar-refractivity contribution in [1.82, 2.24) is 10.2 Å². The molecule has 1 fully saturated rings. The van der Waals surface area contributed by atoms with Crippen LogP contribution in [0, 0.1) is 0 Å². The van der Waals surface area contributed by atoms with Gasteiger partial charge in [-0.15, -0.1) is 0 Å². The molecule has 0 bridgehead atoms. The molecule has 0 saturated carbocycles. The first kappa shape index (κ1) is 15.3. The van der Waals surface area contributed by atoms with Crippen LogP contribution < -0.4 is 10.1 Å². The predicted molar refractivity (Wildman–Crippen MR) is 81.3 cm³/mol. The second-order valence-corrected chi connectivity index (χ2v) is 5.21. The number of benzene rings is 1. The second-order valence-electron chi connectivity index (χ2n) is 5.21. The van der Waals surface area contributed by atoms with Gasteiger partial charge in [-0.1, -0.05) is 19.1 Å². The smallest absolute Gasteiger partial charge is 0.119 e. The molecule has 1 aromatic rings. The highest BCUT2D eigenvalue weighted by molar-refractivity contribution is 5.31. The topological polar surface area (TPSA) is 33.7 Å². The normalized spacial score (nSPS) is 21.6. The van der Waals surface area contributed by atoms with E-state index in [1.165, 1.54) is 5.56 Å². The quantitative estimate of drug-likeness (QED) is 0.863. The van der Waals surface area contributed by atoms with Crippen LogP contribution in [0.15, 0.2) is 24.3 Å². The molecular formula is C16H26N2O2. The number of nitrogens with zero attached hydrogens (tertiary/aromatic N) is 1. The Bertz CT molecular complexity index is 411. The van der Waals surface area contributed by atoms with Crippen molar-refractivity contribution in [2.24, 2.45) is 0 Å². The van der Waals surface area contributed by atoms with Crippen LogP contribution in [0.1, 0.15) is 25.5 Å². The molecule has 0 spiro atoms. The highest BCUT2D eigenvalue weighted by Gasteiger charge is 2.27. The van der Waals surface area contributed by atoms with Gasteiger partial charge in [0, 0.05) is 13.1 Å². The average molecular weight is 278 g/mol. The molecule has 0 radical (unpaired) electrons. The molecule has 2 unspecified atom stereocenters. The van der Waals surface area contributed by atoms with E-state index in [1.807, 2.05) is 13.0 Å². The minimum Gasteiger partial charge on any atom is -0.494 e. The van der Waals surface area contributed by atoms with E-state index in [0.29, 0.717) is 6.61 Å². The lowest BCUT2D eigenvalue weighted by molar-refractivity contribution is -0.0390. The lowest BCUT2D eigenvalue weighted by Crippen LogP contribution is -2.46. The first-order valence-electron chi connectivity index (χ1n) is 7.50. The van der Waals surface area contributed by atoms with Gasteiger partial charge >= 0.3 is 0 Å². The van der Waals surface area contributed by atoms with Crippen LogP contribution in [0.3, 0.4) is 0 Å². The Morgan fingerprint density at radius 1 is 1.45 bits per heavy atom. The van der Waals surface area contributed by atoms with Gasteiger partial charge in [0.25, 0.3) is 0 Å². The minimum atomic E-state index is 0.186. The van der Waals surface area contributed by atoms with E-state index in [1.54, 1.807) is 0 Å². The lowest BCUT2D eigenvalue weighted by Gasteiger charge is -2.35. The number of hydrogen-bond acceptors (Lipinski definition) is 4. The van der Waals surface area contributed by atoms with Crippen molar-refractivity contribution in [2.75, 3.05) is 39.9 Å². The summed E-state index contributed by atoms with van der Waals surface area (Å²) in [4.78, 5) is 2.32. The van der Waals surface area contributed by atoms with Crippen molar-refractivity contribution in [2.45, 2.75) is 26.0 Å². The van der Waals surface area contributed by atoms with Crippen LogP contribution >= 0.6 is 0 Å². The average Bonchev–Trinajstić information content (AvgIpc) is 2.45. The monoisotopic (exact) mass is 278 g/mol. The molecule has 0 amide bonds. The third kappa shape index (κ3) is 3.95. The number of rotatable bonds is 6. The molecule has 1 N–H and O–H groups in total. The molecule has 20 heavy (non-hydrogen) atoms. The molecule has 2 rings (SSSR count). The lowest BCUT2D eigenvalue weighted by atomic mass is 9.99. The van der Waals surface area contributed by atoms with Gasteiger partial charge < -0.3 is 19.7 Å². The Kier molecular flexibility index (Phi) is 5.83. The summed E-state index contributed by atoms with van der Waals surface area (Å²) in [5.41, 5.74) is 1.23. The van der Waals surface area contributed by atoms with Gasteiger partial charge in [-0.2, -0.15) is 0 Å². The Morgan fingerprint density at radius 3 is 3.00 bits per heavy atom. The van der Waals surface area contributed by atoms with Gasteiger partial charge in [0.2, 0.25) is 0 Å². The fourth-order valence-electron chi connectivity index (χ4n) is 2.66. The summed E-state index contributed by atoms with van der Waals surface area (Å²) in [5, 5.41) is 3.55.